The number of anilines is 1. The van der Waals surface area contributed by atoms with Crippen LogP contribution in [0.2, 0.25) is 0 Å². The van der Waals surface area contributed by atoms with Crippen molar-refractivity contribution in [1.29, 1.82) is 0 Å². The predicted octanol–water partition coefficient (Wildman–Crippen LogP) is 2.39. The Bertz CT molecular complexity index is 297. The molecule has 0 saturated carbocycles. The van der Waals surface area contributed by atoms with Crippen molar-refractivity contribution >= 4 is 5.69 Å². The fraction of sp³-hybridized carbons (Fsp3) is 0.444. The number of ether oxygens (including phenoxy) is 1. The zero-order chi connectivity index (χ0) is 11.3. The Morgan fingerprint density at radius 3 is 2.60 bits per heavy atom. The first-order chi connectivity index (χ1) is 6.97. The lowest BCUT2D eigenvalue weighted by Crippen LogP contribution is -2.10. The van der Waals surface area contributed by atoms with Crippen molar-refractivity contribution < 1.29 is 17.9 Å². The summed E-state index contributed by atoms with van der Waals surface area (Å²) in [5.41, 5.74) is 5.86. The molecule has 0 aromatic carbocycles. The van der Waals surface area contributed by atoms with Crippen LogP contribution in [0.5, 0.6) is 5.88 Å². The monoisotopic (exact) mass is 220 g/mol. The molecule has 1 aromatic rings. The molecular weight excluding hydrogens is 209 g/mol. The second kappa shape index (κ2) is 4.86. The van der Waals surface area contributed by atoms with Crippen LogP contribution in [0.4, 0.5) is 18.9 Å². The molecule has 0 aliphatic heterocycles. The van der Waals surface area contributed by atoms with E-state index in [1.807, 2.05) is 0 Å². The summed E-state index contributed by atoms with van der Waals surface area (Å²) in [4.78, 5) is 3.78. The quantitative estimate of drug-likeness (QED) is 0.792. The molecule has 0 spiro atoms. The lowest BCUT2D eigenvalue weighted by atomic mass is 10.3. The largest absolute Gasteiger partial charge is 0.478 e. The lowest BCUT2D eigenvalue weighted by molar-refractivity contribution is -0.136. The van der Waals surface area contributed by atoms with Crippen LogP contribution < -0.4 is 10.5 Å². The fourth-order valence-corrected chi connectivity index (χ4v) is 0.926. The minimum Gasteiger partial charge on any atom is -0.478 e. The maximum absolute atomic E-state index is 11.7. The Labute approximate surface area is 85.1 Å². The number of halogens is 3. The summed E-state index contributed by atoms with van der Waals surface area (Å²) in [6.45, 7) is -0.00354. The van der Waals surface area contributed by atoms with Gasteiger partial charge in [-0.05, 0) is 12.5 Å². The van der Waals surface area contributed by atoms with Gasteiger partial charge >= 0.3 is 6.18 Å². The van der Waals surface area contributed by atoms with Gasteiger partial charge in [0.15, 0.2) is 0 Å². The molecular formula is C9H11F3N2O. The van der Waals surface area contributed by atoms with Gasteiger partial charge in [0.1, 0.15) is 0 Å². The highest BCUT2D eigenvalue weighted by Crippen LogP contribution is 2.21. The van der Waals surface area contributed by atoms with E-state index in [-0.39, 0.29) is 18.9 Å². The molecule has 1 rings (SSSR count). The molecule has 2 N–H and O–H groups in total. The molecule has 0 radical (unpaired) electrons. The molecule has 0 unspecified atom stereocenters. The number of pyridine rings is 1. The van der Waals surface area contributed by atoms with Gasteiger partial charge < -0.3 is 10.5 Å². The van der Waals surface area contributed by atoms with Crippen molar-refractivity contribution in [3.05, 3.63) is 18.3 Å². The number of nitrogens with two attached hydrogens (primary N) is 1. The zero-order valence-electron chi connectivity index (χ0n) is 7.92. The standard InChI is InChI=1S/C9H11F3N2O/c10-9(11,12)4-1-5-15-8-3-2-7(13)6-14-8/h2-3,6H,1,4-5,13H2. The molecule has 0 aliphatic carbocycles. The van der Waals surface area contributed by atoms with Gasteiger partial charge in [-0.1, -0.05) is 0 Å². The first kappa shape index (κ1) is 11.6. The highest BCUT2D eigenvalue weighted by molar-refractivity contribution is 5.35. The third-order valence-corrected chi connectivity index (χ3v) is 1.61. The topological polar surface area (TPSA) is 48.1 Å². The number of hydrogen-bond acceptors (Lipinski definition) is 3. The molecule has 15 heavy (non-hydrogen) atoms. The van der Waals surface area contributed by atoms with E-state index in [0.29, 0.717) is 5.69 Å². The summed E-state index contributed by atoms with van der Waals surface area (Å²) >= 11 is 0. The number of nitrogens with zero attached hydrogens (tertiary/aromatic N) is 1. The third kappa shape index (κ3) is 5.09. The maximum atomic E-state index is 11.7. The van der Waals surface area contributed by atoms with E-state index in [1.165, 1.54) is 12.3 Å². The first-order valence-corrected chi connectivity index (χ1v) is 4.38. The van der Waals surface area contributed by atoms with Gasteiger partial charge in [-0.3, -0.25) is 0 Å². The highest BCUT2D eigenvalue weighted by Gasteiger charge is 2.26. The average Bonchev–Trinajstić information content (AvgIpc) is 2.14. The minimum atomic E-state index is -4.13. The molecule has 1 aromatic heterocycles. The van der Waals surface area contributed by atoms with E-state index in [1.54, 1.807) is 6.07 Å². The number of hydrogen-bond donors (Lipinski definition) is 1. The summed E-state index contributed by atoms with van der Waals surface area (Å²) in [7, 11) is 0. The van der Waals surface area contributed by atoms with Gasteiger partial charge in [0.05, 0.1) is 18.5 Å². The number of nitrogen functional groups attached to an aromatic ring is 1. The maximum Gasteiger partial charge on any atom is 0.389 e. The van der Waals surface area contributed by atoms with E-state index in [9.17, 15) is 13.2 Å². The van der Waals surface area contributed by atoms with Crippen molar-refractivity contribution in [1.82, 2.24) is 4.98 Å². The van der Waals surface area contributed by atoms with Crippen molar-refractivity contribution in [2.24, 2.45) is 0 Å². The van der Waals surface area contributed by atoms with Crippen LogP contribution in [0.3, 0.4) is 0 Å². The van der Waals surface area contributed by atoms with Crippen LogP contribution >= 0.6 is 0 Å². The molecule has 0 aliphatic rings. The molecule has 0 bridgehead atoms. The van der Waals surface area contributed by atoms with Gasteiger partial charge in [-0.25, -0.2) is 4.98 Å². The summed E-state index contributed by atoms with van der Waals surface area (Å²) < 4.78 is 40.2. The zero-order valence-corrected chi connectivity index (χ0v) is 7.92. The lowest BCUT2D eigenvalue weighted by Gasteiger charge is -2.07. The second-order valence-electron chi connectivity index (χ2n) is 3.00. The van der Waals surface area contributed by atoms with Gasteiger partial charge in [0.2, 0.25) is 5.88 Å². The molecule has 84 valence electrons. The van der Waals surface area contributed by atoms with E-state index in [0.717, 1.165) is 0 Å². The van der Waals surface area contributed by atoms with E-state index >= 15 is 0 Å². The Morgan fingerprint density at radius 2 is 2.07 bits per heavy atom. The van der Waals surface area contributed by atoms with Gasteiger partial charge in [-0.2, -0.15) is 13.2 Å². The van der Waals surface area contributed by atoms with E-state index < -0.39 is 12.6 Å². The number of alkyl halides is 3. The number of aromatic nitrogens is 1. The second-order valence-corrected chi connectivity index (χ2v) is 3.00. The van der Waals surface area contributed by atoms with Crippen molar-refractivity contribution in [2.75, 3.05) is 12.3 Å². The first-order valence-electron chi connectivity index (χ1n) is 4.38. The molecule has 0 atom stereocenters. The Morgan fingerprint density at radius 1 is 1.33 bits per heavy atom. The number of rotatable bonds is 4. The summed E-state index contributed by atoms with van der Waals surface area (Å²) in [6.07, 6.45) is -3.66. The Hall–Kier alpha value is -1.46. The van der Waals surface area contributed by atoms with Crippen LogP contribution in [-0.4, -0.2) is 17.8 Å². The van der Waals surface area contributed by atoms with Gasteiger partial charge in [-0.15, -0.1) is 0 Å². The Balaban J connectivity index is 2.23. The summed E-state index contributed by atoms with van der Waals surface area (Å²) in [5, 5.41) is 0. The molecule has 0 fully saturated rings. The highest BCUT2D eigenvalue weighted by atomic mass is 19.4. The third-order valence-electron chi connectivity index (χ3n) is 1.61. The molecule has 6 heteroatoms. The van der Waals surface area contributed by atoms with E-state index in [4.69, 9.17) is 10.5 Å². The van der Waals surface area contributed by atoms with Crippen LogP contribution in [0.15, 0.2) is 18.3 Å². The van der Waals surface area contributed by atoms with Gasteiger partial charge in [0.25, 0.3) is 0 Å². The van der Waals surface area contributed by atoms with Crippen molar-refractivity contribution in [2.45, 2.75) is 19.0 Å². The summed E-state index contributed by atoms with van der Waals surface area (Å²) in [5.74, 6) is 0.284. The molecule has 3 nitrogen and oxygen atoms in total. The predicted molar refractivity (Wildman–Crippen MR) is 49.4 cm³/mol. The summed E-state index contributed by atoms with van der Waals surface area (Å²) in [6, 6.07) is 3.09. The van der Waals surface area contributed by atoms with Crippen molar-refractivity contribution in [3.8, 4) is 5.88 Å². The van der Waals surface area contributed by atoms with Crippen LogP contribution in [-0.2, 0) is 0 Å². The van der Waals surface area contributed by atoms with Crippen LogP contribution in [0.25, 0.3) is 0 Å². The molecule has 1 heterocycles. The van der Waals surface area contributed by atoms with Gasteiger partial charge in [0, 0.05) is 12.5 Å². The average molecular weight is 220 g/mol. The SMILES string of the molecule is Nc1ccc(OCCCC(F)(F)F)nc1. The normalized spacial score (nSPS) is 11.4. The smallest absolute Gasteiger partial charge is 0.389 e. The van der Waals surface area contributed by atoms with Crippen LogP contribution in [0.1, 0.15) is 12.8 Å². The fourth-order valence-electron chi connectivity index (χ4n) is 0.926. The van der Waals surface area contributed by atoms with Crippen LogP contribution in [0, 0.1) is 0 Å². The molecule has 0 amide bonds. The van der Waals surface area contributed by atoms with E-state index in [2.05, 4.69) is 4.98 Å². The molecule has 0 saturated heterocycles. The Kier molecular flexibility index (Phi) is 3.76. The van der Waals surface area contributed by atoms with Crippen molar-refractivity contribution in [3.63, 3.8) is 0 Å². The minimum absolute atomic E-state index is 0.00354.